The van der Waals surface area contributed by atoms with Gasteiger partial charge in [-0.15, -0.1) is 0 Å². The molecule has 0 aromatic rings. The van der Waals surface area contributed by atoms with E-state index in [1.807, 2.05) is 0 Å². The first-order chi connectivity index (χ1) is 7.77. The summed E-state index contributed by atoms with van der Waals surface area (Å²) in [7, 11) is 0. The maximum absolute atomic E-state index is 12.0. The summed E-state index contributed by atoms with van der Waals surface area (Å²) in [5.74, 6) is 0.402. The molecule has 1 saturated carbocycles. The average molecular weight is 225 g/mol. The van der Waals surface area contributed by atoms with Crippen LogP contribution in [0.4, 0.5) is 0 Å². The number of rotatable bonds is 6. The van der Waals surface area contributed by atoms with Crippen molar-refractivity contribution in [3.05, 3.63) is 0 Å². The number of hydrogen-bond donors (Lipinski definition) is 1. The molecule has 1 aliphatic heterocycles. The fraction of sp³-hybridized carbons (Fsp3) is 0.923. The Balaban J connectivity index is 1.67. The zero-order chi connectivity index (χ0) is 11.4. The monoisotopic (exact) mass is 225 g/mol. The van der Waals surface area contributed by atoms with Crippen molar-refractivity contribution in [3.63, 3.8) is 0 Å². The SMILES string of the molecule is NCC1(C(=O)CCCC2CCCO2)CCC1. The molecule has 16 heavy (non-hydrogen) atoms. The van der Waals surface area contributed by atoms with E-state index in [0.717, 1.165) is 32.3 Å². The van der Waals surface area contributed by atoms with E-state index in [9.17, 15) is 4.79 Å². The molecular formula is C13H23NO2. The first-order valence-corrected chi connectivity index (χ1v) is 6.62. The van der Waals surface area contributed by atoms with Crippen LogP contribution >= 0.6 is 0 Å². The summed E-state index contributed by atoms with van der Waals surface area (Å²) in [6.07, 6.45) is 8.72. The van der Waals surface area contributed by atoms with Crippen molar-refractivity contribution >= 4 is 5.78 Å². The Labute approximate surface area is 97.7 Å². The van der Waals surface area contributed by atoms with E-state index < -0.39 is 0 Å². The number of carbonyl (C=O) groups is 1. The summed E-state index contributed by atoms with van der Waals surface area (Å²) >= 11 is 0. The number of hydrogen-bond acceptors (Lipinski definition) is 3. The Hall–Kier alpha value is -0.410. The number of carbonyl (C=O) groups excluding carboxylic acids is 1. The van der Waals surface area contributed by atoms with Gasteiger partial charge in [0.2, 0.25) is 0 Å². The Morgan fingerprint density at radius 3 is 2.69 bits per heavy atom. The second-order valence-electron chi connectivity index (χ2n) is 5.29. The fourth-order valence-electron chi connectivity index (χ4n) is 2.83. The molecular weight excluding hydrogens is 202 g/mol. The second-order valence-corrected chi connectivity index (χ2v) is 5.29. The lowest BCUT2D eigenvalue weighted by atomic mass is 9.65. The van der Waals surface area contributed by atoms with Gasteiger partial charge in [0.15, 0.2) is 0 Å². The van der Waals surface area contributed by atoms with Gasteiger partial charge in [-0.2, -0.15) is 0 Å². The highest BCUT2D eigenvalue weighted by atomic mass is 16.5. The van der Waals surface area contributed by atoms with Crippen molar-refractivity contribution in [1.82, 2.24) is 0 Å². The Morgan fingerprint density at radius 1 is 1.38 bits per heavy atom. The number of ether oxygens (including phenoxy) is 1. The van der Waals surface area contributed by atoms with Crippen LogP contribution in [0.2, 0.25) is 0 Å². The van der Waals surface area contributed by atoms with E-state index >= 15 is 0 Å². The lowest BCUT2D eigenvalue weighted by Crippen LogP contribution is -2.44. The van der Waals surface area contributed by atoms with Gasteiger partial charge in [-0.1, -0.05) is 6.42 Å². The van der Waals surface area contributed by atoms with E-state index in [1.54, 1.807) is 0 Å². The lowest BCUT2D eigenvalue weighted by molar-refractivity contribution is -0.133. The van der Waals surface area contributed by atoms with E-state index in [0.29, 0.717) is 24.9 Å². The topological polar surface area (TPSA) is 52.3 Å². The molecule has 1 saturated heterocycles. The molecule has 3 nitrogen and oxygen atoms in total. The minimum Gasteiger partial charge on any atom is -0.378 e. The average Bonchev–Trinajstić information content (AvgIpc) is 2.70. The number of Topliss-reactive ketones (excluding diaryl/α,β-unsaturated/α-hetero) is 1. The molecule has 92 valence electrons. The van der Waals surface area contributed by atoms with Gasteiger partial charge < -0.3 is 10.5 Å². The summed E-state index contributed by atoms with van der Waals surface area (Å²) in [6.45, 7) is 1.46. The van der Waals surface area contributed by atoms with Gasteiger partial charge in [0.25, 0.3) is 0 Å². The highest BCUT2D eigenvalue weighted by Gasteiger charge is 2.41. The second kappa shape index (κ2) is 5.28. The maximum atomic E-state index is 12.0. The Kier molecular flexibility index (Phi) is 3.98. The zero-order valence-corrected chi connectivity index (χ0v) is 10.0. The molecule has 1 heterocycles. The summed E-state index contributed by atoms with van der Waals surface area (Å²) in [5.41, 5.74) is 5.59. The van der Waals surface area contributed by atoms with Crippen LogP contribution in [-0.2, 0) is 9.53 Å². The summed E-state index contributed by atoms with van der Waals surface area (Å²) < 4.78 is 5.55. The molecule has 0 aromatic heterocycles. The van der Waals surface area contributed by atoms with Crippen LogP contribution in [-0.4, -0.2) is 25.0 Å². The normalized spacial score (nSPS) is 27.7. The van der Waals surface area contributed by atoms with Crippen molar-refractivity contribution in [2.75, 3.05) is 13.2 Å². The molecule has 0 radical (unpaired) electrons. The fourth-order valence-corrected chi connectivity index (χ4v) is 2.83. The standard InChI is InChI=1S/C13H23NO2/c14-10-13(7-3-8-13)12(15)6-1-4-11-5-2-9-16-11/h11H,1-10,14H2. The number of ketones is 1. The van der Waals surface area contributed by atoms with Crippen LogP contribution in [0.15, 0.2) is 0 Å². The quantitative estimate of drug-likeness (QED) is 0.752. The van der Waals surface area contributed by atoms with Crippen molar-refractivity contribution in [2.45, 2.75) is 57.5 Å². The highest BCUT2D eigenvalue weighted by molar-refractivity contribution is 5.85. The van der Waals surface area contributed by atoms with Crippen molar-refractivity contribution in [3.8, 4) is 0 Å². The zero-order valence-electron chi connectivity index (χ0n) is 10.0. The third-order valence-corrected chi connectivity index (χ3v) is 4.25. The molecule has 2 fully saturated rings. The van der Waals surface area contributed by atoms with Crippen LogP contribution in [0.3, 0.4) is 0 Å². The first-order valence-electron chi connectivity index (χ1n) is 6.62. The van der Waals surface area contributed by atoms with E-state index in [1.165, 1.54) is 19.3 Å². The Morgan fingerprint density at radius 2 is 2.19 bits per heavy atom. The predicted molar refractivity (Wildman–Crippen MR) is 63.2 cm³/mol. The van der Waals surface area contributed by atoms with Crippen LogP contribution in [0, 0.1) is 5.41 Å². The van der Waals surface area contributed by atoms with Gasteiger partial charge in [0.05, 0.1) is 6.10 Å². The minimum absolute atomic E-state index is 0.128. The third kappa shape index (κ3) is 2.46. The van der Waals surface area contributed by atoms with Crippen LogP contribution < -0.4 is 5.73 Å². The Bertz CT molecular complexity index is 237. The predicted octanol–water partition coefficient (Wildman–Crippen LogP) is 2.03. The summed E-state index contributed by atoms with van der Waals surface area (Å²) in [4.78, 5) is 12.0. The van der Waals surface area contributed by atoms with Gasteiger partial charge in [-0.05, 0) is 38.5 Å². The molecule has 2 rings (SSSR count). The smallest absolute Gasteiger partial charge is 0.140 e. The summed E-state index contributed by atoms with van der Waals surface area (Å²) in [6, 6.07) is 0. The molecule has 0 aromatic carbocycles. The molecule has 0 amide bonds. The van der Waals surface area contributed by atoms with Crippen molar-refractivity contribution in [2.24, 2.45) is 11.1 Å². The lowest BCUT2D eigenvalue weighted by Gasteiger charge is -2.39. The summed E-state index contributed by atoms with van der Waals surface area (Å²) in [5, 5.41) is 0. The van der Waals surface area contributed by atoms with E-state index in [2.05, 4.69) is 0 Å². The van der Waals surface area contributed by atoms with Crippen LogP contribution in [0.25, 0.3) is 0 Å². The van der Waals surface area contributed by atoms with Crippen molar-refractivity contribution in [1.29, 1.82) is 0 Å². The van der Waals surface area contributed by atoms with Gasteiger partial charge in [0, 0.05) is 25.0 Å². The maximum Gasteiger partial charge on any atom is 0.140 e. The molecule has 1 aliphatic carbocycles. The highest BCUT2D eigenvalue weighted by Crippen LogP contribution is 2.41. The number of nitrogens with two attached hydrogens (primary N) is 1. The largest absolute Gasteiger partial charge is 0.378 e. The molecule has 0 spiro atoms. The molecule has 0 bridgehead atoms. The molecule has 1 unspecified atom stereocenters. The van der Waals surface area contributed by atoms with Crippen LogP contribution in [0.1, 0.15) is 51.4 Å². The molecule has 1 atom stereocenters. The molecule has 2 aliphatic rings. The van der Waals surface area contributed by atoms with Gasteiger partial charge in [-0.3, -0.25) is 4.79 Å². The van der Waals surface area contributed by atoms with Crippen LogP contribution in [0.5, 0.6) is 0 Å². The molecule has 3 heteroatoms. The van der Waals surface area contributed by atoms with Gasteiger partial charge in [-0.25, -0.2) is 0 Å². The first kappa shape index (κ1) is 12.1. The van der Waals surface area contributed by atoms with Gasteiger partial charge >= 0.3 is 0 Å². The van der Waals surface area contributed by atoms with E-state index in [4.69, 9.17) is 10.5 Å². The van der Waals surface area contributed by atoms with E-state index in [-0.39, 0.29) is 5.41 Å². The van der Waals surface area contributed by atoms with Gasteiger partial charge in [0.1, 0.15) is 5.78 Å². The minimum atomic E-state index is -0.128. The molecule has 2 N–H and O–H groups in total. The third-order valence-electron chi connectivity index (χ3n) is 4.25. The van der Waals surface area contributed by atoms with Crippen molar-refractivity contribution < 1.29 is 9.53 Å².